The molecular formula is C19H14N2O2S. The van der Waals surface area contributed by atoms with Crippen molar-refractivity contribution in [2.45, 2.75) is 6.54 Å². The first kappa shape index (κ1) is 14.7. The number of amides is 1. The predicted octanol–water partition coefficient (Wildman–Crippen LogP) is 4.09. The predicted molar refractivity (Wildman–Crippen MR) is 96.4 cm³/mol. The first-order valence-corrected chi connectivity index (χ1v) is 8.42. The first-order valence-electron chi connectivity index (χ1n) is 7.54. The zero-order valence-electron chi connectivity index (χ0n) is 12.7. The molecule has 0 unspecified atom stereocenters. The highest BCUT2D eigenvalue weighted by Gasteiger charge is 2.15. The number of aromatic nitrogens is 1. The Bertz CT molecular complexity index is 1060. The molecule has 0 saturated carbocycles. The van der Waals surface area contributed by atoms with E-state index in [1.807, 2.05) is 41.8 Å². The third-order valence-corrected chi connectivity index (χ3v) is 4.99. The number of hydrogen-bond donors (Lipinski definition) is 2. The van der Waals surface area contributed by atoms with Gasteiger partial charge in [0.2, 0.25) is 0 Å². The largest absolute Gasteiger partial charge is 0.505 e. The Morgan fingerprint density at radius 1 is 1.08 bits per heavy atom. The van der Waals surface area contributed by atoms with E-state index in [0.717, 1.165) is 15.6 Å². The Balaban J connectivity index is 1.61. The maximum absolute atomic E-state index is 12.4. The first-order chi connectivity index (χ1) is 11.7. The van der Waals surface area contributed by atoms with Gasteiger partial charge >= 0.3 is 0 Å². The van der Waals surface area contributed by atoms with Gasteiger partial charge < -0.3 is 10.4 Å². The van der Waals surface area contributed by atoms with Crippen LogP contribution in [0.2, 0.25) is 0 Å². The molecule has 1 amide bonds. The summed E-state index contributed by atoms with van der Waals surface area (Å²) in [4.78, 5) is 16.5. The number of nitrogens with one attached hydrogen (secondary N) is 1. The van der Waals surface area contributed by atoms with Crippen LogP contribution < -0.4 is 5.32 Å². The molecule has 0 atom stereocenters. The van der Waals surface area contributed by atoms with Crippen molar-refractivity contribution in [1.82, 2.24) is 10.3 Å². The van der Waals surface area contributed by atoms with Crippen molar-refractivity contribution in [2.75, 3.05) is 0 Å². The highest BCUT2D eigenvalue weighted by atomic mass is 32.1. The second-order valence-electron chi connectivity index (χ2n) is 5.48. The van der Waals surface area contributed by atoms with Gasteiger partial charge in [0.25, 0.3) is 5.91 Å². The molecule has 0 saturated heterocycles. The Morgan fingerprint density at radius 2 is 1.92 bits per heavy atom. The number of aromatic hydroxyl groups is 1. The molecule has 0 aliphatic carbocycles. The van der Waals surface area contributed by atoms with Crippen molar-refractivity contribution < 1.29 is 9.90 Å². The Morgan fingerprint density at radius 3 is 2.83 bits per heavy atom. The van der Waals surface area contributed by atoms with Crippen LogP contribution in [0.3, 0.4) is 0 Å². The van der Waals surface area contributed by atoms with E-state index in [1.54, 1.807) is 23.6 Å². The van der Waals surface area contributed by atoms with Gasteiger partial charge in [-0.1, -0.05) is 42.5 Å². The van der Waals surface area contributed by atoms with Crippen LogP contribution in [0.25, 0.3) is 20.9 Å². The SMILES string of the molecule is O=C(NCc1cccc2ccsc12)c1ncc2ccccc2c1O. The number of carbonyl (C=O) groups excluding carboxylic acids is 1. The molecule has 0 radical (unpaired) electrons. The molecule has 118 valence electrons. The summed E-state index contributed by atoms with van der Waals surface area (Å²) in [5.41, 5.74) is 1.10. The van der Waals surface area contributed by atoms with Gasteiger partial charge in [0, 0.05) is 28.2 Å². The molecule has 0 aliphatic rings. The summed E-state index contributed by atoms with van der Waals surface area (Å²) >= 11 is 1.65. The van der Waals surface area contributed by atoms with Gasteiger partial charge in [-0.05, 0) is 22.4 Å². The van der Waals surface area contributed by atoms with E-state index in [4.69, 9.17) is 0 Å². The summed E-state index contributed by atoms with van der Waals surface area (Å²) < 4.78 is 1.16. The molecule has 0 fully saturated rings. The number of fused-ring (bicyclic) bond motifs is 2. The summed E-state index contributed by atoms with van der Waals surface area (Å²) in [6, 6.07) is 15.4. The summed E-state index contributed by atoms with van der Waals surface area (Å²) in [5, 5.41) is 17.8. The van der Waals surface area contributed by atoms with Gasteiger partial charge in [0.15, 0.2) is 11.4 Å². The van der Waals surface area contributed by atoms with Crippen LogP contribution in [0.15, 0.2) is 60.1 Å². The lowest BCUT2D eigenvalue weighted by molar-refractivity contribution is 0.0943. The Hall–Kier alpha value is -2.92. The topological polar surface area (TPSA) is 62.2 Å². The van der Waals surface area contributed by atoms with Crippen LogP contribution in [-0.2, 0) is 6.54 Å². The minimum Gasteiger partial charge on any atom is -0.505 e. The number of thiophene rings is 1. The Labute approximate surface area is 142 Å². The minimum absolute atomic E-state index is 0.0482. The average molecular weight is 334 g/mol. The normalized spacial score (nSPS) is 11.0. The molecular weight excluding hydrogens is 320 g/mol. The molecule has 2 aromatic heterocycles. The maximum atomic E-state index is 12.4. The smallest absolute Gasteiger partial charge is 0.274 e. The van der Waals surface area contributed by atoms with E-state index < -0.39 is 0 Å². The fourth-order valence-electron chi connectivity index (χ4n) is 2.77. The van der Waals surface area contributed by atoms with E-state index >= 15 is 0 Å². The number of benzene rings is 2. The zero-order valence-corrected chi connectivity index (χ0v) is 13.5. The van der Waals surface area contributed by atoms with Gasteiger partial charge in [-0.25, -0.2) is 4.98 Å². The summed E-state index contributed by atoms with van der Waals surface area (Å²) in [6.45, 7) is 0.393. The van der Waals surface area contributed by atoms with Gasteiger partial charge in [0.05, 0.1) is 0 Å². The molecule has 0 bridgehead atoms. The monoisotopic (exact) mass is 334 g/mol. The molecule has 24 heavy (non-hydrogen) atoms. The Kier molecular flexibility index (Phi) is 3.63. The van der Waals surface area contributed by atoms with E-state index in [1.165, 1.54) is 5.39 Å². The van der Waals surface area contributed by atoms with E-state index in [2.05, 4.69) is 16.4 Å². The fourth-order valence-corrected chi connectivity index (χ4v) is 3.68. The average Bonchev–Trinajstić information content (AvgIpc) is 3.09. The molecule has 4 rings (SSSR count). The van der Waals surface area contributed by atoms with Gasteiger partial charge in [-0.15, -0.1) is 11.3 Å². The van der Waals surface area contributed by atoms with Crippen LogP contribution in [0.1, 0.15) is 16.1 Å². The molecule has 0 spiro atoms. The maximum Gasteiger partial charge on any atom is 0.274 e. The van der Waals surface area contributed by atoms with Crippen molar-refractivity contribution >= 4 is 38.1 Å². The molecule has 4 nitrogen and oxygen atoms in total. The van der Waals surface area contributed by atoms with Crippen molar-refractivity contribution in [2.24, 2.45) is 0 Å². The number of pyridine rings is 1. The molecule has 2 heterocycles. The van der Waals surface area contributed by atoms with Gasteiger partial charge in [-0.2, -0.15) is 0 Å². The van der Waals surface area contributed by atoms with Crippen molar-refractivity contribution in [1.29, 1.82) is 0 Å². The summed E-state index contributed by atoms with van der Waals surface area (Å²) in [6.07, 6.45) is 1.60. The zero-order chi connectivity index (χ0) is 16.5. The second kappa shape index (κ2) is 5.94. The highest BCUT2D eigenvalue weighted by Crippen LogP contribution is 2.27. The minimum atomic E-state index is -0.383. The number of carbonyl (C=O) groups is 1. The van der Waals surface area contributed by atoms with Gasteiger partial charge in [-0.3, -0.25) is 4.79 Å². The lowest BCUT2D eigenvalue weighted by Crippen LogP contribution is -2.24. The van der Waals surface area contributed by atoms with Crippen LogP contribution in [0.4, 0.5) is 0 Å². The second-order valence-corrected chi connectivity index (χ2v) is 6.40. The lowest BCUT2D eigenvalue weighted by atomic mass is 10.1. The highest BCUT2D eigenvalue weighted by molar-refractivity contribution is 7.17. The molecule has 4 aromatic rings. The number of rotatable bonds is 3. The number of nitrogens with zero attached hydrogens (tertiary/aromatic N) is 1. The van der Waals surface area contributed by atoms with Crippen molar-refractivity contribution in [3.05, 3.63) is 71.4 Å². The van der Waals surface area contributed by atoms with Crippen molar-refractivity contribution in [3.63, 3.8) is 0 Å². The van der Waals surface area contributed by atoms with Gasteiger partial charge in [0.1, 0.15) is 0 Å². The molecule has 0 aliphatic heterocycles. The fraction of sp³-hybridized carbons (Fsp3) is 0.0526. The van der Waals surface area contributed by atoms with E-state index in [-0.39, 0.29) is 17.4 Å². The lowest BCUT2D eigenvalue weighted by Gasteiger charge is -2.09. The standard InChI is InChI=1S/C19H14N2O2S/c22-17-15-7-2-1-4-13(15)10-20-16(17)19(23)21-11-14-6-3-5-12-8-9-24-18(12)14/h1-10,22H,11H2,(H,21,23). The molecule has 2 N–H and O–H groups in total. The van der Waals surface area contributed by atoms with Crippen LogP contribution in [0.5, 0.6) is 5.75 Å². The van der Waals surface area contributed by atoms with Crippen molar-refractivity contribution in [3.8, 4) is 5.75 Å². The number of hydrogen-bond acceptors (Lipinski definition) is 4. The summed E-state index contributed by atoms with van der Waals surface area (Å²) in [5.74, 6) is -0.466. The third-order valence-electron chi connectivity index (χ3n) is 3.99. The quantitative estimate of drug-likeness (QED) is 0.593. The summed E-state index contributed by atoms with van der Waals surface area (Å²) in [7, 11) is 0. The van der Waals surface area contributed by atoms with Crippen LogP contribution in [-0.4, -0.2) is 16.0 Å². The van der Waals surface area contributed by atoms with E-state index in [0.29, 0.717) is 11.9 Å². The molecule has 2 aromatic carbocycles. The van der Waals surface area contributed by atoms with E-state index in [9.17, 15) is 9.90 Å². The molecule has 5 heteroatoms. The van der Waals surface area contributed by atoms with Crippen LogP contribution in [0, 0.1) is 0 Å². The third kappa shape index (κ3) is 2.49. The van der Waals surface area contributed by atoms with Crippen LogP contribution >= 0.6 is 11.3 Å².